The SMILES string of the molecule is OP(O)C=NCCc1ccccc1. The average molecular weight is 197 g/mol. The summed E-state index contributed by atoms with van der Waals surface area (Å²) in [6, 6.07) is 9.97. The molecule has 0 aromatic heterocycles. The third-order valence-corrected chi connectivity index (χ3v) is 1.93. The van der Waals surface area contributed by atoms with Crippen molar-refractivity contribution >= 4 is 14.3 Å². The Kier molecular flexibility index (Phi) is 4.61. The van der Waals surface area contributed by atoms with Crippen LogP contribution in [-0.2, 0) is 6.42 Å². The minimum Gasteiger partial charge on any atom is -0.346 e. The summed E-state index contributed by atoms with van der Waals surface area (Å²) in [6.07, 6.45) is 0.834. The Bertz CT molecular complexity index is 262. The second kappa shape index (κ2) is 5.81. The summed E-state index contributed by atoms with van der Waals surface area (Å²) in [7, 11) is -1.97. The zero-order chi connectivity index (χ0) is 9.52. The van der Waals surface area contributed by atoms with Crippen molar-refractivity contribution in [3.05, 3.63) is 35.9 Å². The lowest BCUT2D eigenvalue weighted by atomic mass is 10.2. The van der Waals surface area contributed by atoms with Gasteiger partial charge in [0.15, 0.2) is 0 Å². The van der Waals surface area contributed by atoms with E-state index in [1.807, 2.05) is 30.3 Å². The molecule has 13 heavy (non-hydrogen) atoms. The van der Waals surface area contributed by atoms with Gasteiger partial charge in [0.25, 0.3) is 0 Å². The number of aliphatic imine (C=N–C) groups is 1. The predicted molar refractivity (Wildman–Crippen MR) is 54.9 cm³/mol. The Labute approximate surface area is 78.7 Å². The van der Waals surface area contributed by atoms with Crippen molar-refractivity contribution in [3.8, 4) is 0 Å². The third kappa shape index (κ3) is 4.73. The van der Waals surface area contributed by atoms with Gasteiger partial charge in [-0.05, 0) is 12.0 Å². The fraction of sp³-hybridized carbons (Fsp3) is 0.222. The van der Waals surface area contributed by atoms with E-state index in [4.69, 9.17) is 9.79 Å². The number of benzene rings is 1. The van der Waals surface area contributed by atoms with Crippen LogP contribution < -0.4 is 0 Å². The van der Waals surface area contributed by atoms with Crippen molar-refractivity contribution in [1.82, 2.24) is 0 Å². The van der Waals surface area contributed by atoms with E-state index in [0.717, 1.165) is 6.42 Å². The van der Waals surface area contributed by atoms with E-state index >= 15 is 0 Å². The topological polar surface area (TPSA) is 52.8 Å². The molecule has 0 bridgehead atoms. The van der Waals surface area contributed by atoms with Crippen LogP contribution in [0.15, 0.2) is 35.3 Å². The summed E-state index contributed by atoms with van der Waals surface area (Å²) in [4.78, 5) is 20.9. The number of hydrogen-bond donors (Lipinski definition) is 2. The van der Waals surface area contributed by atoms with Gasteiger partial charge in [-0.1, -0.05) is 30.3 Å². The Morgan fingerprint density at radius 1 is 1.23 bits per heavy atom. The van der Waals surface area contributed by atoms with Crippen molar-refractivity contribution in [2.24, 2.45) is 4.99 Å². The highest BCUT2D eigenvalue weighted by molar-refractivity contribution is 7.61. The number of rotatable bonds is 4. The summed E-state index contributed by atoms with van der Waals surface area (Å²) in [6.45, 7) is 0.601. The first-order valence-electron chi connectivity index (χ1n) is 4.00. The molecule has 0 aliphatic carbocycles. The molecule has 0 fully saturated rings. The monoisotopic (exact) mass is 197 g/mol. The molecule has 2 N–H and O–H groups in total. The fourth-order valence-corrected chi connectivity index (χ4v) is 1.23. The second-order valence-corrected chi connectivity index (χ2v) is 3.45. The molecule has 0 saturated heterocycles. The Morgan fingerprint density at radius 2 is 1.92 bits per heavy atom. The maximum Gasteiger partial charge on any atom is 0.211 e. The minimum absolute atomic E-state index is 0.601. The molecule has 1 rings (SSSR count). The minimum atomic E-state index is -1.97. The lowest BCUT2D eigenvalue weighted by Gasteiger charge is -1.96. The van der Waals surface area contributed by atoms with Gasteiger partial charge in [-0.2, -0.15) is 0 Å². The Balaban J connectivity index is 2.28. The van der Waals surface area contributed by atoms with Crippen molar-refractivity contribution in [2.45, 2.75) is 6.42 Å². The van der Waals surface area contributed by atoms with Crippen LogP contribution in [-0.4, -0.2) is 22.3 Å². The Hall–Kier alpha value is -0.760. The predicted octanol–water partition coefficient (Wildman–Crippen LogP) is 1.55. The van der Waals surface area contributed by atoms with Gasteiger partial charge in [0.2, 0.25) is 8.38 Å². The van der Waals surface area contributed by atoms with Gasteiger partial charge in [0.1, 0.15) is 0 Å². The van der Waals surface area contributed by atoms with E-state index in [1.54, 1.807) is 0 Å². The van der Waals surface area contributed by atoms with Gasteiger partial charge >= 0.3 is 0 Å². The first kappa shape index (κ1) is 10.3. The maximum absolute atomic E-state index is 8.52. The quantitative estimate of drug-likeness (QED) is 0.568. The number of hydrogen-bond acceptors (Lipinski definition) is 3. The highest BCUT2D eigenvalue weighted by Gasteiger charge is 1.91. The van der Waals surface area contributed by atoms with Crippen LogP contribution in [0, 0.1) is 0 Å². The third-order valence-electron chi connectivity index (χ3n) is 1.56. The molecule has 0 aliphatic heterocycles. The second-order valence-electron chi connectivity index (χ2n) is 2.58. The zero-order valence-electron chi connectivity index (χ0n) is 7.17. The van der Waals surface area contributed by atoms with Crippen LogP contribution in [0.4, 0.5) is 0 Å². The molecule has 0 radical (unpaired) electrons. The van der Waals surface area contributed by atoms with Crippen LogP contribution in [0.1, 0.15) is 5.56 Å². The molecule has 0 saturated carbocycles. The summed E-state index contributed by atoms with van der Waals surface area (Å²) in [5.41, 5.74) is 1.21. The van der Waals surface area contributed by atoms with E-state index in [1.165, 1.54) is 11.5 Å². The van der Waals surface area contributed by atoms with Crippen molar-refractivity contribution < 1.29 is 9.79 Å². The molecule has 4 heteroatoms. The van der Waals surface area contributed by atoms with Crippen LogP contribution >= 0.6 is 8.38 Å². The first-order valence-corrected chi connectivity index (χ1v) is 5.31. The maximum atomic E-state index is 8.52. The molecule has 0 heterocycles. The lowest BCUT2D eigenvalue weighted by molar-refractivity contribution is 0.501. The summed E-state index contributed by atoms with van der Waals surface area (Å²) >= 11 is 0. The van der Waals surface area contributed by atoms with Gasteiger partial charge in [0.05, 0.1) is 5.96 Å². The molecule has 3 nitrogen and oxygen atoms in total. The van der Waals surface area contributed by atoms with Crippen molar-refractivity contribution in [1.29, 1.82) is 0 Å². The first-order chi connectivity index (χ1) is 6.29. The number of nitrogens with zero attached hydrogens (tertiary/aromatic N) is 1. The van der Waals surface area contributed by atoms with Gasteiger partial charge in [-0.3, -0.25) is 4.99 Å². The smallest absolute Gasteiger partial charge is 0.211 e. The highest BCUT2D eigenvalue weighted by Crippen LogP contribution is 2.16. The van der Waals surface area contributed by atoms with Gasteiger partial charge < -0.3 is 9.79 Å². The molecule has 0 unspecified atom stereocenters. The molecule has 0 spiro atoms. The van der Waals surface area contributed by atoms with Gasteiger partial charge in [0, 0.05) is 6.54 Å². The summed E-state index contributed by atoms with van der Waals surface area (Å²) in [5.74, 6) is 1.19. The molecule has 0 atom stereocenters. The van der Waals surface area contributed by atoms with Gasteiger partial charge in [-0.25, -0.2) is 0 Å². The van der Waals surface area contributed by atoms with Crippen LogP contribution in [0.25, 0.3) is 0 Å². The summed E-state index contributed by atoms with van der Waals surface area (Å²) < 4.78 is 0. The van der Waals surface area contributed by atoms with E-state index in [9.17, 15) is 0 Å². The van der Waals surface area contributed by atoms with Crippen LogP contribution in [0.3, 0.4) is 0 Å². The van der Waals surface area contributed by atoms with Crippen molar-refractivity contribution in [3.63, 3.8) is 0 Å². The Morgan fingerprint density at radius 3 is 2.54 bits per heavy atom. The van der Waals surface area contributed by atoms with Crippen molar-refractivity contribution in [2.75, 3.05) is 6.54 Å². The molecule has 1 aromatic carbocycles. The van der Waals surface area contributed by atoms with E-state index in [-0.39, 0.29) is 0 Å². The highest BCUT2D eigenvalue weighted by atomic mass is 31.2. The average Bonchev–Trinajstić information content (AvgIpc) is 2.14. The van der Waals surface area contributed by atoms with Crippen LogP contribution in [0.5, 0.6) is 0 Å². The van der Waals surface area contributed by atoms with E-state index in [2.05, 4.69) is 4.99 Å². The molecule has 0 aliphatic rings. The standard InChI is InChI=1S/C9H12NO2P/c11-13(12)8-10-7-6-9-4-2-1-3-5-9/h1-5,8,11-12H,6-7H2. The van der Waals surface area contributed by atoms with Gasteiger partial charge in [-0.15, -0.1) is 0 Å². The molecular weight excluding hydrogens is 185 g/mol. The normalized spacial score (nSPS) is 11.3. The lowest BCUT2D eigenvalue weighted by Crippen LogP contribution is -1.88. The van der Waals surface area contributed by atoms with E-state index < -0.39 is 8.38 Å². The molecule has 70 valence electrons. The van der Waals surface area contributed by atoms with E-state index in [0.29, 0.717) is 6.54 Å². The zero-order valence-corrected chi connectivity index (χ0v) is 8.06. The summed E-state index contributed by atoms with van der Waals surface area (Å²) in [5, 5.41) is 0. The molecule has 0 amide bonds. The van der Waals surface area contributed by atoms with Crippen LogP contribution in [0.2, 0.25) is 0 Å². The fourth-order valence-electron chi connectivity index (χ4n) is 0.969. The molecular formula is C9H12NO2P. The molecule has 1 aromatic rings. The largest absolute Gasteiger partial charge is 0.346 e.